The summed E-state index contributed by atoms with van der Waals surface area (Å²) in [6.45, 7) is 5.75. The zero-order chi connectivity index (χ0) is 22.6. The van der Waals surface area contributed by atoms with Gasteiger partial charge in [0.05, 0.1) is 38.3 Å². The molecule has 12 heteroatoms. The van der Waals surface area contributed by atoms with Crippen LogP contribution in [-0.2, 0) is 38.1 Å². The topological polar surface area (TPSA) is 151 Å². The van der Waals surface area contributed by atoms with Crippen molar-refractivity contribution in [2.45, 2.75) is 27.7 Å². The minimum atomic E-state index is -1.64. The van der Waals surface area contributed by atoms with Gasteiger partial charge < -0.3 is 29.2 Å². The number of rotatable bonds is 8. The number of hydrogen-bond donors (Lipinski definition) is 0. The third kappa shape index (κ3) is 5.71. The summed E-state index contributed by atoms with van der Waals surface area (Å²) >= 11 is 0. The maximum Gasteiger partial charge on any atom is 1.00 e. The first-order valence-electron chi connectivity index (χ1n) is 9.76. The fourth-order valence-corrected chi connectivity index (χ4v) is 3.96. The van der Waals surface area contributed by atoms with Crippen LogP contribution in [0.15, 0.2) is 22.7 Å². The van der Waals surface area contributed by atoms with E-state index in [2.05, 4.69) is 0 Å². The van der Waals surface area contributed by atoms with E-state index in [1.165, 1.54) is 27.7 Å². The quantitative estimate of drug-likeness (QED) is 0.190. The first-order chi connectivity index (χ1) is 14.3. The molecule has 0 bridgehead atoms. The van der Waals surface area contributed by atoms with E-state index >= 15 is 0 Å². The van der Waals surface area contributed by atoms with Crippen molar-refractivity contribution in [3.05, 3.63) is 22.7 Å². The largest absolute Gasteiger partial charge is 1.00 e. The molecule has 0 heterocycles. The molecule has 0 aromatic rings. The van der Waals surface area contributed by atoms with Gasteiger partial charge in [0.2, 0.25) is 0 Å². The molecule has 2 rings (SSSR count). The van der Waals surface area contributed by atoms with Crippen LogP contribution in [0.25, 0.3) is 0 Å². The van der Waals surface area contributed by atoms with Crippen molar-refractivity contribution in [3.63, 3.8) is 0 Å². The number of hydrogen-bond acceptors (Lipinski definition) is 10. The van der Waals surface area contributed by atoms with E-state index in [9.17, 15) is 29.4 Å². The Morgan fingerprint density at radius 3 is 1.16 bits per heavy atom. The predicted octanol–water partition coefficient (Wildman–Crippen LogP) is -7.03. The van der Waals surface area contributed by atoms with Crippen LogP contribution in [-0.4, -0.2) is 50.3 Å². The summed E-state index contributed by atoms with van der Waals surface area (Å²) in [7, 11) is 0. The normalized spacial score (nSPS) is 23.5. The van der Waals surface area contributed by atoms with E-state index in [0.717, 1.165) is 0 Å². The molecule has 0 fully saturated rings. The molecule has 0 saturated heterocycles. The zero-order valence-corrected chi connectivity index (χ0v) is 23.2. The molecule has 2 aliphatic carbocycles. The fraction of sp³-hybridized carbons (Fsp3) is 0.600. The second-order valence-corrected chi connectivity index (χ2v) is 6.51. The van der Waals surface area contributed by atoms with Gasteiger partial charge in [0, 0.05) is 23.0 Å². The van der Waals surface area contributed by atoms with Crippen molar-refractivity contribution >= 4 is 23.9 Å². The van der Waals surface area contributed by atoms with Gasteiger partial charge >= 0.3 is 83.0 Å². The molecular formula is C20H24Na2O10. The van der Waals surface area contributed by atoms with E-state index in [4.69, 9.17) is 18.9 Å². The van der Waals surface area contributed by atoms with Crippen molar-refractivity contribution in [3.8, 4) is 0 Å². The van der Waals surface area contributed by atoms with Crippen molar-refractivity contribution in [2.24, 2.45) is 23.7 Å². The first kappa shape index (κ1) is 31.0. The van der Waals surface area contributed by atoms with Crippen LogP contribution in [0.1, 0.15) is 27.7 Å². The standard InChI is InChI=1S/C20H26O10.2Na/c1-5-27-17(23)11-9-10(13(15(11)21)19(25)29-7-3)14(20(26)30-8-4)16(22)12(9)18(24)28-6-2;;/h9-11,14,21-22H,5-8H2,1-4H3;;/q;2*+1/p-2. The Labute approximate surface area is 230 Å². The third-order valence-electron chi connectivity index (χ3n) is 4.94. The van der Waals surface area contributed by atoms with Gasteiger partial charge in [-0.2, -0.15) is 0 Å². The van der Waals surface area contributed by atoms with Gasteiger partial charge in [-0.15, -0.1) is 11.5 Å². The van der Waals surface area contributed by atoms with Crippen LogP contribution in [0.5, 0.6) is 0 Å². The maximum absolute atomic E-state index is 13.0. The third-order valence-corrected chi connectivity index (χ3v) is 4.94. The summed E-state index contributed by atoms with van der Waals surface area (Å²) in [6.07, 6.45) is 0. The van der Waals surface area contributed by atoms with Crippen molar-refractivity contribution in [1.29, 1.82) is 0 Å². The van der Waals surface area contributed by atoms with Crippen molar-refractivity contribution in [1.82, 2.24) is 0 Å². The van der Waals surface area contributed by atoms with E-state index in [1.807, 2.05) is 0 Å². The number of carbonyl (C=O) groups excluding carboxylic acids is 4. The molecule has 0 aromatic heterocycles. The first-order valence-corrected chi connectivity index (χ1v) is 9.76. The Morgan fingerprint density at radius 1 is 0.625 bits per heavy atom. The van der Waals surface area contributed by atoms with Gasteiger partial charge in [-0.3, -0.25) is 9.59 Å². The second kappa shape index (κ2) is 13.6. The summed E-state index contributed by atoms with van der Waals surface area (Å²) in [6, 6.07) is 0. The number of fused-ring (bicyclic) bond motifs is 1. The van der Waals surface area contributed by atoms with Crippen molar-refractivity contribution in [2.75, 3.05) is 26.4 Å². The Bertz CT molecular complexity index is 738. The predicted molar refractivity (Wildman–Crippen MR) is 94.5 cm³/mol. The molecule has 4 atom stereocenters. The van der Waals surface area contributed by atoms with Crippen LogP contribution in [0, 0.1) is 23.7 Å². The molecule has 166 valence electrons. The average Bonchev–Trinajstić information content (AvgIpc) is 3.11. The molecule has 0 saturated carbocycles. The molecule has 0 N–H and O–H groups in total. The molecule has 0 spiro atoms. The SMILES string of the molecule is CCOC(=O)C1=C([O-])C(C(=O)OCC)C2C(C(=O)OCC)=C([O-])C(C(=O)OCC)C12.[Na+].[Na+]. The molecule has 32 heavy (non-hydrogen) atoms. The van der Waals surface area contributed by atoms with Gasteiger partial charge in [0.15, 0.2) is 0 Å². The van der Waals surface area contributed by atoms with Gasteiger partial charge in [-0.25, -0.2) is 9.59 Å². The van der Waals surface area contributed by atoms with E-state index in [1.54, 1.807) is 0 Å². The maximum atomic E-state index is 13.0. The monoisotopic (exact) mass is 470 g/mol. The van der Waals surface area contributed by atoms with Gasteiger partial charge in [0.25, 0.3) is 0 Å². The zero-order valence-electron chi connectivity index (χ0n) is 19.2. The number of carbonyl (C=O) groups is 4. The van der Waals surface area contributed by atoms with Crippen LogP contribution in [0.2, 0.25) is 0 Å². The molecule has 0 aliphatic heterocycles. The van der Waals surface area contributed by atoms with Crippen LogP contribution >= 0.6 is 0 Å². The second-order valence-electron chi connectivity index (χ2n) is 6.51. The van der Waals surface area contributed by atoms with Crippen LogP contribution < -0.4 is 69.3 Å². The molecular weight excluding hydrogens is 446 g/mol. The molecule has 0 amide bonds. The molecule has 0 aromatic carbocycles. The fourth-order valence-electron chi connectivity index (χ4n) is 3.96. The summed E-state index contributed by atoms with van der Waals surface area (Å²) in [5.41, 5.74) is -1.05. The summed E-state index contributed by atoms with van der Waals surface area (Å²) < 4.78 is 19.7. The van der Waals surface area contributed by atoms with Crippen molar-refractivity contribution < 1.29 is 107 Å². The summed E-state index contributed by atoms with van der Waals surface area (Å²) in [5.74, 6) is -12.0. The molecule has 2 aliphatic rings. The summed E-state index contributed by atoms with van der Waals surface area (Å²) in [5, 5.41) is 26.1. The smallest absolute Gasteiger partial charge is 0.874 e. The van der Waals surface area contributed by atoms with Crippen LogP contribution in [0.4, 0.5) is 0 Å². The molecule has 10 nitrogen and oxygen atoms in total. The Kier molecular flexibility index (Phi) is 13.2. The van der Waals surface area contributed by atoms with Gasteiger partial charge in [0.1, 0.15) is 0 Å². The average molecular weight is 470 g/mol. The van der Waals surface area contributed by atoms with E-state index in [0.29, 0.717) is 0 Å². The van der Waals surface area contributed by atoms with Gasteiger partial charge in [-0.1, -0.05) is 0 Å². The number of ether oxygens (including phenoxy) is 4. The van der Waals surface area contributed by atoms with Gasteiger partial charge in [-0.05, 0) is 27.7 Å². The Balaban J connectivity index is 0.00000480. The minimum Gasteiger partial charge on any atom is -0.874 e. The van der Waals surface area contributed by atoms with Crippen LogP contribution in [0.3, 0.4) is 0 Å². The van der Waals surface area contributed by atoms with E-state index < -0.39 is 70.2 Å². The molecule has 0 radical (unpaired) electrons. The van der Waals surface area contributed by atoms with E-state index in [-0.39, 0.29) is 85.5 Å². The number of esters is 4. The summed E-state index contributed by atoms with van der Waals surface area (Å²) in [4.78, 5) is 50.2. The minimum absolute atomic E-state index is 0. The Morgan fingerprint density at radius 2 is 0.906 bits per heavy atom. The molecule has 4 unspecified atom stereocenters. The Hall–Kier alpha value is -1.04.